The fourth-order valence-corrected chi connectivity index (χ4v) is 3.86. The first-order valence-corrected chi connectivity index (χ1v) is 7.54. The zero-order chi connectivity index (χ0) is 14.2. The maximum Gasteiger partial charge on any atom is 0.307 e. The van der Waals surface area contributed by atoms with E-state index >= 15 is 0 Å². The van der Waals surface area contributed by atoms with E-state index in [9.17, 15) is 9.59 Å². The number of thiazole rings is 1. The Morgan fingerprint density at radius 1 is 1.47 bits per heavy atom. The predicted molar refractivity (Wildman–Crippen MR) is 75.8 cm³/mol. The standard InChI is InChI=1S/C14H21NO3S/c1-14(2,3)9-4-5-10-11(8-9)19-13(18)15(10)7-6-12(16)17/h9H,4-8H2,1-3H3,(H,16,17). The highest BCUT2D eigenvalue weighted by Crippen LogP contribution is 2.38. The zero-order valence-electron chi connectivity index (χ0n) is 11.7. The summed E-state index contributed by atoms with van der Waals surface area (Å²) in [5.41, 5.74) is 1.34. The number of hydrogen-bond acceptors (Lipinski definition) is 3. The normalized spacial score (nSPS) is 19.2. The van der Waals surface area contributed by atoms with Crippen molar-refractivity contribution in [2.45, 2.75) is 53.0 Å². The van der Waals surface area contributed by atoms with Gasteiger partial charge >= 0.3 is 10.8 Å². The third-order valence-electron chi connectivity index (χ3n) is 4.01. The van der Waals surface area contributed by atoms with Crippen LogP contribution in [-0.4, -0.2) is 15.6 Å². The molecular formula is C14H21NO3S. The molecular weight excluding hydrogens is 262 g/mol. The van der Waals surface area contributed by atoms with Crippen LogP contribution in [0.15, 0.2) is 4.79 Å². The first-order chi connectivity index (χ1) is 8.79. The van der Waals surface area contributed by atoms with Crippen molar-refractivity contribution in [2.24, 2.45) is 11.3 Å². The van der Waals surface area contributed by atoms with E-state index in [1.165, 1.54) is 16.2 Å². The highest BCUT2D eigenvalue weighted by molar-refractivity contribution is 7.09. The molecule has 0 aromatic carbocycles. The van der Waals surface area contributed by atoms with Crippen LogP contribution < -0.4 is 4.87 Å². The van der Waals surface area contributed by atoms with E-state index in [1.807, 2.05) is 0 Å². The summed E-state index contributed by atoms with van der Waals surface area (Å²) in [5, 5.41) is 8.74. The van der Waals surface area contributed by atoms with E-state index in [2.05, 4.69) is 20.8 Å². The molecule has 106 valence electrons. The Kier molecular flexibility index (Phi) is 3.85. The van der Waals surface area contributed by atoms with Gasteiger partial charge in [-0.15, -0.1) is 0 Å². The van der Waals surface area contributed by atoms with E-state index in [0.29, 0.717) is 12.5 Å². The first-order valence-electron chi connectivity index (χ1n) is 6.72. The second-order valence-corrected chi connectivity index (χ2v) is 7.39. The molecule has 0 aliphatic heterocycles. The summed E-state index contributed by atoms with van der Waals surface area (Å²) in [6.45, 7) is 7.03. The fraction of sp³-hybridized carbons (Fsp3) is 0.714. The maximum absolute atomic E-state index is 12.0. The molecule has 0 spiro atoms. The molecule has 1 aromatic heterocycles. The third kappa shape index (κ3) is 3.08. The number of carboxylic acids is 1. The van der Waals surface area contributed by atoms with Crippen LogP contribution in [0, 0.1) is 11.3 Å². The molecule has 0 radical (unpaired) electrons. The van der Waals surface area contributed by atoms with Crippen molar-refractivity contribution < 1.29 is 9.90 Å². The predicted octanol–water partition coefficient (Wildman–Crippen LogP) is 2.54. The van der Waals surface area contributed by atoms with Crippen LogP contribution in [0.25, 0.3) is 0 Å². The van der Waals surface area contributed by atoms with Gasteiger partial charge in [-0.25, -0.2) is 0 Å². The van der Waals surface area contributed by atoms with Crippen LogP contribution in [0.1, 0.15) is 44.2 Å². The van der Waals surface area contributed by atoms with Crippen molar-refractivity contribution in [1.29, 1.82) is 0 Å². The summed E-state index contributed by atoms with van der Waals surface area (Å²) in [6.07, 6.45) is 2.96. The van der Waals surface area contributed by atoms with Crippen LogP contribution >= 0.6 is 11.3 Å². The molecule has 1 unspecified atom stereocenters. The Bertz CT molecular complexity index is 536. The second kappa shape index (κ2) is 5.12. The number of hydrogen-bond donors (Lipinski definition) is 1. The molecule has 1 aromatic rings. The topological polar surface area (TPSA) is 59.3 Å². The number of aromatic nitrogens is 1. The summed E-state index contributed by atoms with van der Waals surface area (Å²) in [7, 11) is 0. The number of carboxylic acid groups (broad SMARTS) is 1. The maximum atomic E-state index is 12.0. The summed E-state index contributed by atoms with van der Waals surface area (Å²) in [5.74, 6) is -0.249. The number of rotatable bonds is 3. The number of fused-ring (bicyclic) bond motifs is 1. The molecule has 1 atom stereocenters. The van der Waals surface area contributed by atoms with Gasteiger partial charge in [0.25, 0.3) is 0 Å². The Morgan fingerprint density at radius 2 is 2.16 bits per heavy atom. The lowest BCUT2D eigenvalue weighted by Crippen LogP contribution is -2.28. The van der Waals surface area contributed by atoms with Gasteiger partial charge in [-0.05, 0) is 30.6 Å². The first kappa shape index (κ1) is 14.3. The highest BCUT2D eigenvalue weighted by atomic mass is 32.1. The van der Waals surface area contributed by atoms with Crippen LogP contribution in [0.5, 0.6) is 0 Å². The molecule has 0 fully saturated rings. The van der Waals surface area contributed by atoms with Crippen molar-refractivity contribution in [3.05, 3.63) is 20.2 Å². The third-order valence-corrected chi connectivity index (χ3v) is 5.06. The van der Waals surface area contributed by atoms with Crippen molar-refractivity contribution in [1.82, 2.24) is 4.57 Å². The molecule has 1 heterocycles. The minimum Gasteiger partial charge on any atom is -0.481 e. The van der Waals surface area contributed by atoms with Crippen LogP contribution in [0.4, 0.5) is 0 Å². The van der Waals surface area contributed by atoms with Gasteiger partial charge in [0.15, 0.2) is 0 Å². The summed E-state index contributed by atoms with van der Waals surface area (Å²) >= 11 is 1.30. The van der Waals surface area contributed by atoms with E-state index in [1.54, 1.807) is 4.57 Å². The lowest BCUT2D eigenvalue weighted by atomic mass is 9.73. The lowest BCUT2D eigenvalue weighted by molar-refractivity contribution is -0.137. The molecule has 0 amide bonds. The van der Waals surface area contributed by atoms with Crippen LogP contribution in [-0.2, 0) is 24.2 Å². The van der Waals surface area contributed by atoms with Crippen molar-refractivity contribution in [3.8, 4) is 0 Å². The van der Waals surface area contributed by atoms with Crippen LogP contribution in [0.3, 0.4) is 0 Å². The molecule has 0 saturated carbocycles. The zero-order valence-corrected chi connectivity index (χ0v) is 12.5. The summed E-state index contributed by atoms with van der Waals surface area (Å²) in [6, 6.07) is 0. The Labute approximate surface area is 117 Å². The van der Waals surface area contributed by atoms with Crippen molar-refractivity contribution in [3.63, 3.8) is 0 Å². The average Bonchev–Trinajstić information content (AvgIpc) is 2.59. The molecule has 0 bridgehead atoms. The molecule has 1 aliphatic rings. The largest absolute Gasteiger partial charge is 0.481 e. The highest BCUT2D eigenvalue weighted by Gasteiger charge is 2.31. The van der Waals surface area contributed by atoms with Gasteiger partial charge in [0.2, 0.25) is 0 Å². The molecule has 0 saturated heterocycles. The number of carbonyl (C=O) groups is 1. The molecule has 2 rings (SSSR count). The SMILES string of the molecule is CC(C)(C)C1CCc2c(sc(=O)n2CCC(=O)O)C1. The quantitative estimate of drug-likeness (QED) is 0.927. The molecule has 19 heavy (non-hydrogen) atoms. The number of aliphatic carboxylic acids is 1. The second-order valence-electron chi connectivity index (χ2n) is 6.34. The molecule has 1 N–H and O–H groups in total. The van der Waals surface area contributed by atoms with Crippen LogP contribution in [0.2, 0.25) is 0 Å². The van der Waals surface area contributed by atoms with Gasteiger partial charge in [-0.3, -0.25) is 9.59 Å². The van der Waals surface area contributed by atoms with Crippen molar-refractivity contribution in [2.75, 3.05) is 0 Å². The summed E-state index contributed by atoms with van der Waals surface area (Å²) in [4.78, 5) is 23.8. The molecule has 4 nitrogen and oxygen atoms in total. The lowest BCUT2D eigenvalue weighted by Gasteiger charge is -2.33. The van der Waals surface area contributed by atoms with E-state index in [0.717, 1.165) is 25.0 Å². The van der Waals surface area contributed by atoms with Gasteiger partial charge in [-0.2, -0.15) is 0 Å². The summed E-state index contributed by atoms with van der Waals surface area (Å²) < 4.78 is 1.67. The van der Waals surface area contributed by atoms with Gasteiger partial charge in [0.1, 0.15) is 0 Å². The Morgan fingerprint density at radius 3 is 2.74 bits per heavy atom. The minimum absolute atomic E-state index is 0.000749. The Hall–Kier alpha value is -1.10. The van der Waals surface area contributed by atoms with E-state index in [-0.39, 0.29) is 16.7 Å². The van der Waals surface area contributed by atoms with E-state index < -0.39 is 5.97 Å². The fourth-order valence-electron chi connectivity index (χ4n) is 2.72. The van der Waals surface area contributed by atoms with Crippen molar-refractivity contribution >= 4 is 17.3 Å². The molecule has 1 aliphatic carbocycles. The van der Waals surface area contributed by atoms with Gasteiger partial charge < -0.3 is 9.67 Å². The number of nitrogens with zero attached hydrogens (tertiary/aromatic N) is 1. The Balaban J connectivity index is 2.22. The van der Waals surface area contributed by atoms with Gasteiger partial charge in [0, 0.05) is 17.1 Å². The molecule has 5 heteroatoms. The smallest absolute Gasteiger partial charge is 0.307 e. The van der Waals surface area contributed by atoms with E-state index in [4.69, 9.17) is 5.11 Å². The minimum atomic E-state index is -0.852. The van der Waals surface area contributed by atoms with Gasteiger partial charge in [0.05, 0.1) is 6.42 Å². The van der Waals surface area contributed by atoms with Gasteiger partial charge in [-0.1, -0.05) is 32.1 Å². The average molecular weight is 283 g/mol. The monoisotopic (exact) mass is 283 g/mol.